The fourth-order valence-corrected chi connectivity index (χ4v) is 5.10. The van der Waals surface area contributed by atoms with Gasteiger partial charge in [-0.1, -0.05) is 26.7 Å². The summed E-state index contributed by atoms with van der Waals surface area (Å²) in [6.45, 7) is -0.0248. The molecule has 2 aliphatic heterocycles. The van der Waals surface area contributed by atoms with Gasteiger partial charge in [0.05, 0.1) is 25.4 Å². The lowest BCUT2D eigenvalue weighted by Gasteiger charge is -2.47. The van der Waals surface area contributed by atoms with Gasteiger partial charge in [0.25, 0.3) is 0 Å². The summed E-state index contributed by atoms with van der Waals surface area (Å²) >= 11 is 0. The number of alkyl halides is 24. The van der Waals surface area contributed by atoms with Crippen LogP contribution < -0.4 is 0 Å². The first-order valence-electron chi connectivity index (χ1n) is 14.7. The van der Waals surface area contributed by atoms with Gasteiger partial charge >= 0.3 is 72.1 Å². The highest BCUT2D eigenvalue weighted by molar-refractivity contribution is 5.14. The van der Waals surface area contributed by atoms with Crippen molar-refractivity contribution in [3.8, 4) is 0 Å². The molecule has 3 nitrogen and oxygen atoms in total. The molecule has 2 fully saturated rings. The fourth-order valence-electron chi connectivity index (χ4n) is 5.10. The molecule has 6 atom stereocenters. The van der Waals surface area contributed by atoms with Crippen molar-refractivity contribution in [1.82, 2.24) is 0 Å². The Morgan fingerprint density at radius 3 is 0.849 bits per heavy atom. The van der Waals surface area contributed by atoms with Gasteiger partial charge in [-0.3, -0.25) is 0 Å². The van der Waals surface area contributed by atoms with Crippen LogP contribution in [0.2, 0.25) is 0 Å². The Bertz CT molecular complexity index is 1140. The number of hydrogen-bond donors (Lipinski definition) is 0. The van der Waals surface area contributed by atoms with Crippen molar-refractivity contribution >= 4 is 0 Å². The Labute approximate surface area is 281 Å². The molecular formula is C26H26F24O3. The van der Waals surface area contributed by atoms with E-state index in [-0.39, 0.29) is 0 Å². The third kappa shape index (κ3) is 7.56. The third-order valence-corrected chi connectivity index (χ3v) is 8.65. The van der Waals surface area contributed by atoms with Gasteiger partial charge in [-0.15, -0.1) is 0 Å². The highest BCUT2D eigenvalue weighted by atomic mass is 19.4. The molecule has 0 aliphatic carbocycles. The van der Waals surface area contributed by atoms with E-state index in [0.29, 0.717) is 13.8 Å². The second-order valence-corrected chi connectivity index (χ2v) is 12.2. The van der Waals surface area contributed by atoms with Gasteiger partial charge < -0.3 is 14.2 Å². The van der Waals surface area contributed by atoms with E-state index in [2.05, 4.69) is 14.2 Å². The number of epoxide rings is 2. The van der Waals surface area contributed by atoms with E-state index >= 15 is 35.1 Å². The number of halogens is 24. The first-order chi connectivity index (χ1) is 23.4. The molecule has 2 rings (SSSR count). The number of rotatable bonds is 22. The van der Waals surface area contributed by atoms with Gasteiger partial charge in [0.2, 0.25) is 0 Å². The zero-order chi connectivity index (χ0) is 42.0. The van der Waals surface area contributed by atoms with Crippen molar-refractivity contribution < 1.29 is 120 Å². The van der Waals surface area contributed by atoms with Gasteiger partial charge in [0, 0.05) is 0 Å². The molecule has 27 heteroatoms. The minimum Gasteiger partial charge on any atom is -0.373 e. The second kappa shape index (κ2) is 14.6. The molecule has 316 valence electrons. The smallest absolute Gasteiger partial charge is 0.373 e. The van der Waals surface area contributed by atoms with Gasteiger partial charge in [-0.25, -0.2) is 17.6 Å². The van der Waals surface area contributed by atoms with Crippen LogP contribution in [-0.4, -0.2) is 110 Å². The summed E-state index contributed by atoms with van der Waals surface area (Å²) in [4.78, 5) is 0. The maximum absolute atomic E-state index is 15.7. The van der Waals surface area contributed by atoms with Crippen LogP contribution in [0.15, 0.2) is 0 Å². The molecule has 2 saturated heterocycles. The average Bonchev–Trinajstić information content (AvgIpc) is 3.95. The zero-order valence-electron chi connectivity index (χ0n) is 26.2. The topological polar surface area (TPSA) is 34.3 Å². The first kappa shape index (κ1) is 47.4. The molecular weight excluding hydrogens is 816 g/mol. The van der Waals surface area contributed by atoms with E-state index in [1.807, 2.05) is 0 Å². The monoisotopic (exact) mass is 842 g/mol. The highest BCUT2D eigenvalue weighted by Gasteiger charge is 2.91. The van der Waals surface area contributed by atoms with Crippen molar-refractivity contribution in [3.63, 3.8) is 0 Å². The third-order valence-electron chi connectivity index (χ3n) is 8.65. The largest absolute Gasteiger partial charge is 0.384 e. The van der Waals surface area contributed by atoms with Crippen LogP contribution in [0.5, 0.6) is 0 Å². The molecule has 2 aliphatic rings. The van der Waals surface area contributed by atoms with Gasteiger partial charge in [-0.05, 0) is 24.7 Å². The Hall–Kier alpha value is -1.80. The molecule has 53 heavy (non-hydrogen) atoms. The highest BCUT2D eigenvalue weighted by Crippen LogP contribution is 2.63. The molecule has 0 radical (unpaired) electrons. The van der Waals surface area contributed by atoms with Crippen LogP contribution in [-0.2, 0) is 14.2 Å². The lowest BCUT2D eigenvalue weighted by molar-refractivity contribution is -0.437. The Kier molecular flexibility index (Phi) is 13.1. The fraction of sp³-hybridized carbons (Fsp3) is 1.00. The lowest BCUT2D eigenvalue weighted by Crippen LogP contribution is -2.73. The van der Waals surface area contributed by atoms with Gasteiger partial charge in [0.15, 0.2) is 0 Å². The standard InChI is InChI=1S/C26H26F24O3/c1-3-9(5-11-7-51-11)13(17(31,32)21(39,40)25(47,48)23(43,44)19(35,36)15(27)28)53-14(10(4-2)6-12-8-52-12)18(33,34)22(41,42)26(49,50)24(45,46)20(37,38)16(29)30/h9-16H,3-8H2,1-2H3. The van der Waals surface area contributed by atoms with Crippen LogP contribution in [0, 0.1) is 11.8 Å². The molecule has 0 aromatic rings. The normalized spacial score (nSPS) is 22.6. The van der Waals surface area contributed by atoms with E-state index in [4.69, 9.17) is 0 Å². The van der Waals surface area contributed by atoms with Crippen LogP contribution in [0.25, 0.3) is 0 Å². The van der Waals surface area contributed by atoms with E-state index < -0.39 is 147 Å². The minimum absolute atomic E-state index is 0.563. The molecule has 6 unspecified atom stereocenters. The molecule has 0 bridgehead atoms. The van der Waals surface area contributed by atoms with E-state index in [9.17, 15) is 70.2 Å². The van der Waals surface area contributed by atoms with Gasteiger partial charge in [0.1, 0.15) is 12.2 Å². The molecule has 0 aromatic heterocycles. The molecule has 0 aromatic carbocycles. The summed E-state index contributed by atoms with van der Waals surface area (Å²) in [5, 5.41) is 0. The maximum atomic E-state index is 15.7. The first-order valence-corrected chi connectivity index (χ1v) is 14.7. The SMILES string of the molecule is CCC(CC1CO1)C(OC(C(CC)CC1CO1)C(F)(F)C(F)(F)C(F)(F)C(F)(F)C(F)(F)C(F)F)C(F)(F)C(F)(F)C(F)(F)C(F)(F)C(F)(F)C(F)F. The Morgan fingerprint density at radius 2 is 0.660 bits per heavy atom. The zero-order valence-corrected chi connectivity index (χ0v) is 26.2. The Balaban J connectivity index is 2.93. The van der Waals surface area contributed by atoms with Crippen molar-refractivity contribution in [2.75, 3.05) is 13.2 Å². The molecule has 0 N–H and O–H groups in total. The lowest BCUT2D eigenvalue weighted by atomic mass is 9.81. The molecule has 0 spiro atoms. The van der Waals surface area contributed by atoms with Crippen molar-refractivity contribution in [1.29, 1.82) is 0 Å². The van der Waals surface area contributed by atoms with E-state index in [1.54, 1.807) is 0 Å². The predicted octanol–water partition coefficient (Wildman–Crippen LogP) is 10.3. The summed E-state index contributed by atoms with van der Waals surface area (Å²) in [6, 6.07) is 0. The summed E-state index contributed by atoms with van der Waals surface area (Å²) < 4.78 is 354. The number of hydrogen-bond acceptors (Lipinski definition) is 3. The molecule has 0 amide bonds. The summed E-state index contributed by atoms with van der Waals surface area (Å²) in [6.07, 6.45) is -29.8. The second-order valence-electron chi connectivity index (χ2n) is 12.2. The Morgan fingerprint density at radius 1 is 0.434 bits per heavy atom. The molecule has 0 saturated carbocycles. The maximum Gasteiger partial charge on any atom is 0.384 e. The van der Waals surface area contributed by atoms with Crippen molar-refractivity contribution in [2.45, 2.75) is 136 Å². The van der Waals surface area contributed by atoms with Crippen molar-refractivity contribution in [3.05, 3.63) is 0 Å². The minimum atomic E-state index is -8.37. The summed E-state index contributed by atoms with van der Waals surface area (Å²) in [5.74, 6) is -85.3. The predicted molar refractivity (Wildman–Crippen MR) is 126 cm³/mol. The van der Waals surface area contributed by atoms with Crippen molar-refractivity contribution in [2.24, 2.45) is 11.8 Å². The van der Waals surface area contributed by atoms with Crippen LogP contribution >= 0.6 is 0 Å². The summed E-state index contributed by atoms with van der Waals surface area (Å²) in [7, 11) is 0. The summed E-state index contributed by atoms with van der Waals surface area (Å²) in [5.41, 5.74) is 0. The average molecular weight is 842 g/mol. The molecule has 2 heterocycles. The van der Waals surface area contributed by atoms with E-state index in [1.165, 1.54) is 0 Å². The van der Waals surface area contributed by atoms with Crippen LogP contribution in [0.3, 0.4) is 0 Å². The van der Waals surface area contributed by atoms with Crippen LogP contribution in [0.1, 0.15) is 39.5 Å². The van der Waals surface area contributed by atoms with Gasteiger partial charge in [-0.2, -0.15) is 87.8 Å². The quantitative estimate of drug-likeness (QED) is 0.0805. The van der Waals surface area contributed by atoms with Crippen LogP contribution in [0.4, 0.5) is 105 Å². The van der Waals surface area contributed by atoms with E-state index in [0.717, 1.165) is 0 Å². The number of ether oxygens (including phenoxy) is 3.